The highest BCUT2D eigenvalue weighted by Gasteiger charge is 2.12. The second-order valence-corrected chi connectivity index (χ2v) is 5.37. The standard InChI is InChI=1S/C18H22N2O2.ClH/c1-13-10-15(6-9-17(13)22-3)12-20(2)18(21)16-7-4-14(11-19)5-8-16;/h4-10H,11-12,19H2,1-3H3;1H. The van der Waals surface area contributed by atoms with Gasteiger partial charge in [-0.2, -0.15) is 0 Å². The van der Waals surface area contributed by atoms with Crippen molar-refractivity contribution in [3.8, 4) is 5.75 Å². The Morgan fingerprint density at radius 3 is 2.26 bits per heavy atom. The van der Waals surface area contributed by atoms with Gasteiger partial charge >= 0.3 is 0 Å². The third-order valence-corrected chi connectivity index (χ3v) is 3.66. The summed E-state index contributed by atoms with van der Waals surface area (Å²) in [5, 5.41) is 0. The van der Waals surface area contributed by atoms with Gasteiger partial charge in [-0.25, -0.2) is 0 Å². The Labute approximate surface area is 143 Å². The van der Waals surface area contributed by atoms with Crippen LogP contribution >= 0.6 is 12.4 Å². The Kier molecular flexibility index (Phi) is 7.07. The van der Waals surface area contributed by atoms with Crippen LogP contribution in [-0.4, -0.2) is 25.0 Å². The van der Waals surface area contributed by atoms with Gasteiger partial charge in [0.25, 0.3) is 5.91 Å². The Hall–Kier alpha value is -2.04. The van der Waals surface area contributed by atoms with E-state index in [2.05, 4.69) is 0 Å². The summed E-state index contributed by atoms with van der Waals surface area (Å²) >= 11 is 0. The number of nitrogens with two attached hydrogens (primary N) is 1. The number of benzene rings is 2. The van der Waals surface area contributed by atoms with E-state index in [1.165, 1.54) is 0 Å². The lowest BCUT2D eigenvalue weighted by molar-refractivity contribution is 0.0785. The van der Waals surface area contributed by atoms with Crippen molar-refractivity contribution in [1.29, 1.82) is 0 Å². The largest absolute Gasteiger partial charge is 0.496 e. The van der Waals surface area contributed by atoms with Gasteiger partial charge in [0.1, 0.15) is 5.75 Å². The Morgan fingerprint density at radius 2 is 1.74 bits per heavy atom. The first-order valence-electron chi connectivity index (χ1n) is 7.23. The molecule has 124 valence electrons. The minimum Gasteiger partial charge on any atom is -0.496 e. The number of nitrogens with zero attached hydrogens (tertiary/aromatic N) is 1. The third kappa shape index (κ3) is 4.71. The maximum absolute atomic E-state index is 12.4. The van der Waals surface area contributed by atoms with Gasteiger partial charge in [-0.3, -0.25) is 4.79 Å². The number of carbonyl (C=O) groups is 1. The molecular formula is C18H23ClN2O2. The summed E-state index contributed by atoms with van der Waals surface area (Å²) in [7, 11) is 3.46. The average Bonchev–Trinajstić information content (AvgIpc) is 2.54. The minimum absolute atomic E-state index is 0. The lowest BCUT2D eigenvalue weighted by atomic mass is 10.1. The van der Waals surface area contributed by atoms with Crippen molar-refractivity contribution in [3.05, 3.63) is 64.7 Å². The van der Waals surface area contributed by atoms with E-state index in [1.54, 1.807) is 19.1 Å². The van der Waals surface area contributed by atoms with Gasteiger partial charge < -0.3 is 15.4 Å². The topological polar surface area (TPSA) is 55.6 Å². The normalized spacial score (nSPS) is 9.91. The quantitative estimate of drug-likeness (QED) is 0.913. The molecule has 5 heteroatoms. The highest BCUT2D eigenvalue weighted by atomic mass is 35.5. The monoisotopic (exact) mass is 334 g/mol. The number of hydrogen-bond donors (Lipinski definition) is 1. The van der Waals surface area contributed by atoms with Crippen LogP contribution in [0.25, 0.3) is 0 Å². The first-order valence-corrected chi connectivity index (χ1v) is 7.23. The van der Waals surface area contributed by atoms with Crippen molar-refractivity contribution in [2.45, 2.75) is 20.0 Å². The molecule has 2 aromatic rings. The maximum atomic E-state index is 12.4. The van der Waals surface area contributed by atoms with E-state index in [-0.39, 0.29) is 18.3 Å². The molecular weight excluding hydrogens is 312 g/mol. The predicted molar refractivity (Wildman–Crippen MR) is 95.1 cm³/mol. The molecule has 0 heterocycles. The van der Waals surface area contributed by atoms with Gasteiger partial charge in [-0.1, -0.05) is 24.3 Å². The second-order valence-electron chi connectivity index (χ2n) is 5.37. The molecule has 0 fully saturated rings. The highest BCUT2D eigenvalue weighted by Crippen LogP contribution is 2.19. The minimum atomic E-state index is -0.00274. The lowest BCUT2D eigenvalue weighted by Gasteiger charge is -2.18. The van der Waals surface area contributed by atoms with Gasteiger partial charge in [0.15, 0.2) is 0 Å². The van der Waals surface area contributed by atoms with E-state index >= 15 is 0 Å². The van der Waals surface area contributed by atoms with Crippen LogP contribution in [0.4, 0.5) is 0 Å². The van der Waals surface area contributed by atoms with Crippen LogP contribution in [0, 0.1) is 6.92 Å². The number of rotatable bonds is 5. The summed E-state index contributed by atoms with van der Waals surface area (Å²) in [5.41, 5.74) is 9.40. The number of halogens is 1. The van der Waals surface area contributed by atoms with Crippen LogP contribution < -0.4 is 10.5 Å². The van der Waals surface area contributed by atoms with Crippen LogP contribution in [0.1, 0.15) is 27.0 Å². The molecule has 0 atom stereocenters. The van der Waals surface area contributed by atoms with Gasteiger partial charge in [0.05, 0.1) is 7.11 Å². The molecule has 1 amide bonds. The number of methoxy groups -OCH3 is 1. The van der Waals surface area contributed by atoms with E-state index < -0.39 is 0 Å². The van der Waals surface area contributed by atoms with Crippen molar-refractivity contribution in [2.75, 3.05) is 14.2 Å². The summed E-state index contributed by atoms with van der Waals surface area (Å²) < 4.78 is 5.25. The Morgan fingerprint density at radius 1 is 1.13 bits per heavy atom. The molecule has 0 aromatic heterocycles. The zero-order valence-electron chi connectivity index (χ0n) is 13.7. The summed E-state index contributed by atoms with van der Waals surface area (Å²) in [5.74, 6) is 0.854. The molecule has 0 bridgehead atoms. The molecule has 0 spiro atoms. The molecule has 0 radical (unpaired) electrons. The molecule has 23 heavy (non-hydrogen) atoms. The van der Waals surface area contributed by atoms with Gasteiger partial charge in [-0.05, 0) is 41.8 Å². The van der Waals surface area contributed by atoms with Crippen molar-refractivity contribution < 1.29 is 9.53 Å². The molecule has 0 saturated carbocycles. The molecule has 2 N–H and O–H groups in total. The van der Waals surface area contributed by atoms with E-state index in [0.29, 0.717) is 18.7 Å². The summed E-state index contributed by atoms with van der Waals surface area (Å²) in [4.78, 5) is 14.1. The van der Waals surface area contributed by atoms with E-state index in [0.717, 1.165) is 22.4 Å². The molecule has 0 aliphatic heterocycles. The molecule has 0 aliphatic rings. The smallest absolute Gasteiger partial charge is 0.253 e. The fourth-order valence-electron chi connectivity index (χ4n) is 2.39. The van der Waals surface area contributed by atoms with Crippen molar-refractivity contribution >= 4 is 18.3 Å². The van der Waals surface area contributed by atoms with E-state index in [4.69, 9.17) is 10.5 Å². The third-order valence-electron chi connectivity index (χ3n) is 3.66. The zero-order valence-corrected chi connectivity index (χ0v) is 14.5. The molecule has 2 aromatic carbocycles. The molecule has 4 nitrogen and oxygen atoms in total. The molecule has 0 aliphatic carbocycles. The van der Waals surface area contributed by atoms with Crippen LogP contribution in [-0.2, 0) is 13.1 Å². The van der Waals surface area contributed by atoms with Crippen LogP contribution in [0.5, 0.6) is 5.75 Å². The van der Waals surface area contributed by atoms with Gasteiger partial charge in [0, 0.05) is 25.7 Å². The van der Waals surface area contributed by atoms with E-state index in [1.807, 2.05) is 49.4 Å². The molecule has 0 unspecified atom stereocenters. The Bertz CT molecular complexity index is 657. The number of aryl methyl sites for hydroxylation is 1. The van der Waals surface area contributed by atoms with Crippen molar-refractivity contribution in [2.24, 2.45) is 5.73 Å². The summed E-state index contributed by atoms with van der Waals surface area (Å²) in [6.45, 7) is 3.04. The fraction of sp³-hybridized carbons (Fsp3) is 0.278. The number of hydrogen-bond acceptors (Lipinski definition) is 3. The fourth-order valence-corrected chi connectivity index (χ4v) is 2.39. The lowest BCUT2D eigenvalue weighted by Crippen LogP contribution is -2.26. The summed E-state index contributed by atoms with van der Waals surface area (Å²) in [6, 6.07) is 13.4. The maximum Gasteiger partial charge on any atom is 0.253 e. The van der Waals surface area contributed by atoms with Gasteiger partial charge in [-0.15, -0.1) is 12.4 Å². The van der Waals surface area contributed by atoms with E-state index in [9.17, 15) is 4.79 Å². The first kappa shape index (κ1) is 19.0. The van der Waals surface area contributed by atoms with Crippen LogP contribution in [0.2, 0.25) is 0 Å². The number of ether oxygens (including phenoxy) is 1. The average molecular weight is 335 g/mol. The van der Waals surface area contributed by atoms with Crippen molar-refractivity contribution in [3.63, 3.8) is 0 Å². The number of amides is 1. The highest BCUT2D eigenvalue weighted by molar-refractivity contribution is 5.94. The molecule has 2 rings (SSSR count). The molecule has 0 saturated heterocycles. The summed E-state index contributed by atoms with van der Waals surface area (Å²) in [6.07, 6.45) is 0. The first-order chi connectivity index (χ1) is 10.5. The SMILES string of the molecule is COc1ccc(CN(C)C(=O)c2ccc(CN)cc2)cc1C.Cl. The van der Waals surface area contributed by atoms with Crippen LogP contribution in [0.15, 0.2) is 42.5 Å². The van der Waals surface area contributed by atoms with Crippen LogP contribution in [0.3, 0.4) is 0 Å². The number of carbonyl (C=O) groups excluding carboxylic acids is 1. The van der Waals surface area contributed by atoms with Gasteiger partial charge in [0.2, 0.25) is 0 Å². The second kappa shape index (κ2) is 8.56. The van der Waals surface area contributed by atoms with Crippen molar-refractivity contribution in [1.82, 2.24) is 4.90 Å². The zero-order chi connectivity index (χ0) is 16.1. The Balaban J connectivity index is 0.00000264. The predicted octanol–water partition coefficient (Wildman–Crippen LogP) is 3.16.